The van der Waals surface area contributed by atoms with Crippen LogP contribution in [-0.2, 0) is 16.0 Å². The molecular weight excluding hydrogens is 231 g/mol. The first-order valence-electron chi connectivity index (χ1n) is 4.72. The van der Waals surface area contributed by atoms with Crippen molar-refractivity contribution in [2.75, 3.05) is 7.11 Å². The molecule has 0 unspecified atom stereocenters. The van der Waals surface area contributed by atoms with Crippen LogP contribution >= 0.6 is 0 Å². The molecule has 1 rings (SSSR count). The zero-order valence-electron chi connectivity index (χ0n) is 9.05. The quantitative estimate of drug-likeness (QED) is 0.478. The molecule has 0 saturated heterocycles. The summed E-state index contributed by atoms with van der Waals surface area (Å²) in [6.45, 7) is 0. The van der Waals surface area contributed by atoms with Crippen molar-refractivity contribution >= 4 is 11.7 Å². The number of hydrogen-bond donors (Lipinski definition) is 1. The van der Waals surface area contributed by atoms with Crippen molar-refractivity contribution in [3.05, 3.63) is 39.7 Å². The molecule has 0 aromatic heterocycles. The second-order valence-corrected chi connectivity index (χ2v) is 3.34. The number of nitrogens with zero attached hydrogens (tertiary/aromatic N) is 1. The highest BCUT2D eigenvalue weighted by Crippen LogP contribution is 2.23. The van der Waals surface area contributed by atoms with Crippen LogP contribution in [0, 0.1) is 15.9 Å². The van der Waals surface area contributed by atoms with E-state index in [1.807, 2.05) is 0 Å². The van der Waals surface area contributed by atoms with Crippen molar-refractivity contribution < 1.29 is 18.8 Å². The van der Waals surface area contributed by atoms with Crippen LogP contribution in [0.4, 0.5) is 10.1 Å². The summed E-state index contributed by atoms with van der Waals surface area (Å²) in [5.74, 6) is -1.66. The maximum Gasteiger partial charge on any atom is 0.322 e. The molecule has 1 atom stereocenters. The Labute approximate surface area is 96.3 Å². The molecule has 0 spiro atoms. The second kappa shape index (κ2) is 5.35. The molecule has 0 amide bonds. The van der Waals surface area contributed by atoms with Crippen LogP contribution in [0.1, 0.15) is 5.56 Å². The molecule has 2 N–H and O–H groups in total. The van der Waals surface area contributed by atoms with Crippen LogP contribution in [0.5, 0.6) is 0 Å². The lowest BCUT2D eigenvalue weighted by Crippen LogP contribution is -2.33. The van der Waals surface area contributed by atoms with E-state index in [1.165, 1.54) is 12.1 Å². The molecule has 0 fully saturated rings. The number of nitrogens with two attached hydrogens (primary N) is 1. The first-order valence-corrected chi connectivity index (χ1v) is 4.72. The number of benzene rings is 1. The standard InChI is InChI=1S/C10H11FN2O4/c1-17-10(14)8(12)5-6-3-2-4-7(11)9(6)13(15)16/h2-4,8H,5,12H2,1H3/t8-/m0/s1. The summed E-state index contributed by atoms with van der Waals surface area (Å²) in [7, 11) is 1.15. The maximum atomic E-state index is 13.2. The maximum absolute atomic E-state index is 13.2. The summed E-state index contributed by atoms with van der Waals surface area (Å²) >= 11 is 0. The van der Waals surface area contributed by atoms with Gasteiger partial charge < -0.3 is 10.5 Å². The van der Waals surface area contributed by atoms with E-state index >= 15 is 0 Å². The Hall–Kier alpha value is -2.02. The Bertz CT molecular complexity index is 450. The summed E-state index contributed by atoms with van der Waals surface area (Å²) in [5, 5.41) is 10.7. The van der Waals surface area contributed by atoms with Crippen molar-refractivity contribution in [3.63, 3.8) is 0 Å². The van der Waals surface area contributed by atoms with Crippen molar-refractivity contribution in [2.24, 2.45) is 5.73 Å². The number of para-hydroxylation sites is 1. The first kappa shape index (κ1) is 13.0. The molecule has 0 bridgehead atoms. The third-order valence-corrected chi connectivity index (χ3v) is 2.20. The Balaban J connectivity index is 3.02. The van der Waals surface area contributed by atoms with E-state index in [9.17, 15) is 19.3 Å². The summed E-state index contributed by atoms with van der Waals surface area (Å²) in [5.41, 5.74) is 4.86. The predicted molar refractivity (Wildman–Crippen MR) is 56.7 cm³/mol. The van der Waals surface area contributed by atoms with E-state index < -0.39 is 28.4 Å². The molecule has 1 aromatic rings. The highest BCUT2D eigenvalue weighted by atomic mass is 19.1. The molecule has 7 heteroatoms. The average molecular weight is 242 g/mol. The van der Waals surface area contributed by atoms with Gasteiger partial charge in [-0.3, -0.25) is 14.9 Å². The molecular formula is C10H11FN2O4. The van der Waals surface area contributed by atoms with Crippen molar-refractivity contribution in [3.8, 4) is 0 Å². The molecule has 1 aromatic carbocycles. The number of halogens is 1. The summed E-state index contributed by atoms with van der Waals surface area (Å²) in [6, 6.07) is 2.59. The summed E-state index contributed by atoms with van der Waals surface area (Å²) in [4.78, 5) is 20.9. The average Bonchev–Trinajstić information content (AvgIpc) is 2.27. The molecule has 0 heterocycles. The van der Waals surface area contributed by atoms with Crippen LogP contribution in [-0.4, -0.2) is 24.0 Å². The van der Waals surface area contributed by atoms with Crippen molar-refractivity contribution in [1.29, 1.82) is 0 Å². The van der Waals surface area contributed by atoms with Crippen LogP contribution in [0.15, 0.2) is 18.2 Å². The Morgan fingerprint density at radius 1 is 1.65 bits per heavy atom. The fourth-order valence-electron chi connectivity index (χ4n) is 1.40. The predicted octanol–water partition coefficient (Wildman–Crippen LogP) is 0.777. The SMILES string of the molecule is COC(=O)[C@@H](N)Cc1cccc(F)c1[N+](=O)[O-]. The van der Waals surface area contributed by atoms with Gasteiger partial charge in [-0.1, -0.05) is 12.1 Å². The number of rotatable bonds is 4. The molecule has 0 aliphatic heterocycles. The largest absolute Gasteiger partial charge is 0.468 e. The number of methoxy groups -OCH3 is 1. The minimum absolute atomic E-state index is 0.0629. The molecule has 0 aliphatic rings. The van der Waals surface area contributed by atoms with Crippen LogP contribution in [0.3, 0.4) is 0 Å². The molecule has 92 valence electrons. The second-order valence-electron chi connectivity index (χ2n) is 3.34. The Kier molecular flexibility index (Phi) is 4.11. The normalized spacial score (nSPS) is 11.9. The van der Waals surface area contributed by atoms with Gasteiger partial charge in [-0.2, -0.15) is 4.39 Å². The molecule has 0 saturated carbocycles. The lowest BCUT2D eigenvalue weighted by Gasteiger charge is -2.09. The summed E-state index contributed by atoms with van der Waals surface area (Å²) in [6.07, 6.45) is -0.152. The minimum atomic E-state index is -1.06. The van der Waals surface area contributed by atoms with Gasteiger partial charge in [-0.05, 0) is 6.07 Å². The molecule has 6 nitrogen and oxygen atoms in total. The molecule has 0 radical (unpaired) electrons. The number of carbonyl (C=O) groups excluding carboxylic acids is 1. The van der Waals surface area contributed by atoms with Gasteiger partial charge in [0.2, 0.25) is 5.82 Å². The number of nitro benzene ring substituents is 1. The highest BCUT2D eigenvalue weighted by Gasteiger charge is 2.23. The Morgan fingerprint density at radius 3 is 2.82 bits per heavy atom. The molecule has 0 aliphatic carbocycles. The van der Waals surface area contributed by atoms with Crippen LogP contribution in [0.2, 0.25) is 0 Å². The van der Waals surface area contributed by atoms with Crippen LogP contribution in [0.25, 0.3) is 0 Å². The van der Waals surface area contributed by atoms with E-state index in [-0.39, 0.29) is 12.0 Å². The van der Waals surface area contributed by atoms with Gasteiger partial charge in [0.05, 0.1) is 12.0 Å². The smallest absolute Gasteiger partial charge is 0.322 e. The first-order chi connectivity index (χ1) is 7.97. The van der Waals surface area contributed by atoms with Gasteiger partial charge in [0.1, 0.15) is 6.04 Å². The number of nitro groups is 1. The van der Waals surface area contributed by atoms with E-state index in [4.69, 9.17) is 5.73 Å². The highest BCUT2D eigenvalue weighted by molar-refractivity contribution is 5.76. The minimum Gasteiger partial charge on any atom is -0.468 e. The third-order valence-electron chi connectivity index (χ3n) is 2.20. The lowest BCUT2D eigenvalue weighted by atomic mass is 10.0. The van der Waals surface area contributed by atoms with Gasteiger partial charge in [-0.15, -0.1) is 0 Å². The van der Waals surface area contributed by atoms with Gasteiger partial charge in [-0.25, -0.2) is 0 Å². The summed E-state index contributed by atoms with van der Waals surface area (Å²) < 4.78 is 17.6. The number of carbonyl (C=O) groups is 1. The fourth-order valence-corrected chi connectivity index (χ4v) is 1.40. The Morgan fingerprint density at radius 2 is 2.29 bits per heavy atom. The fraction of sp³-hybridized carbons (Fsp3) is 0.300. The molecule has 17 heavy (non-hydrogen) atoms. The number of ether oxygens (including phenoxy) is 1. The van der Waals surface area contributed by atoms with E-state index in [2.05, 4.69) is 4.74 Å². The van der Waals surface area contributed by atoms with Gasteiger partial charge >= 0.3 is 11.7 Å². The zero-order chi connectivity index (χ0) is 13.0. The topological polar surface area (TPSA) is 95.5 Å². The van der Waals surface area contributed by atoms with Crippen molar-refractivity contribution in [1.82, 2.24) is 0 Å². The number of esters is 1. The monoisotopic (exact) mass is 242 g/mol. The lowest BCUT2D eigenvalue weighted by molar-refractivity contribution is -0.388. The van der Waals surface area contributed by atoms with Gasteiger partial charge in [0.25, 0.3) is 0 Å². The zero-order valence-corrected chi connectivity index (χ0v) is 9.05. The number of hydrogen-bond acceptors (Lipinski definition) is 5. The van der Waals surface area contributed by atoms with E-state index in [0.717, 1.165) is 13.2 Å². The van der Waals surface area contributed by atoms with Crippen LogP contribution < -0.4 is 5.73 Å². The van der Waals surface area contributed by atoms with E-state index in [1.54, 1.807) is 0 Å². The third kappa shape index (κ3) is 2.97. The van der Waals surface area contributed by atoms with E-state index in [0.29, 0.717) is 0 Å². The van der Waals surface area contributed by atoms with Gasteiger partial charge in [0, 0.05) is 12.0 Å². The van der Waals surface area contributed by atoms with Gasteiger partial charge in [0.15, 0.2) is 0 Å². The van der Waals surface area contributed by atoms with Crippen molar-refractivity contribution in [2.45, 2.75) is 12.5 Å².